The van der Waals surface area contributed by atoms with Crippen LogP contribution in [0.1, 0.15) is 18.1 Å². The highest BCUT2D eigenvalue weighted by Crippen LogP contribution is 2.15. The number of morpholine rings is 1. The second-order valence-corrected chi connectivity index (χ2v) is 6.18. The molecule has 126 valence electrons. The standard InChI is InChI=1S/C20H24N2O2/c1-16(23)22-11-12-24-15-20(22)14-21-19-9-7-18(8-10-19)13-17-5-3-2-4-6-17/h2-10,20-21H,11-15H2,1H3. The molecular formula is C20H24N2O2. The van der Waals surface area contributed by atoms with Crippen LogP contribution < -0.4 is 5.32 Å². The molecule has 2 aromatic carbocycles. The van der Waals surface area contributed by atoms with Gasteiger partial charge < -0.3 is 15.0 Å². The van der Waals surface area contributed by atoms with Gasteiger partial charge in [-0.3, -0.25) is 4.79 Å². The van der Waals surface area contributed by atoms with E-state index in [0.29, 0.717) is 26.3 Å². The average molecular weight is 324 g/mol. The molecule has 3 rings (SSSR count). The summed E-state index contributed by atoms with van der Waals surface area (Å²) < 4.78 is 5.50. The summed E-state index contributed by atoms with van der Waals surface area (Å²) >= 11 is 0. The highest BCUT2D eigenvalue weighted by Gasteiger charge is 2.24. The summed E-state index contributed by atoms with van der Waals surface area (Å²) in [5.74, 6) is 0.114. The van der Waals surface area contributed by atoms with Crippen LogP contribution in [0.5, 0.6) is 0 Å². The molecule has 1 heterocycles. The van der Waals surface area contributed by atoms with Gasteiger partial charge in [-0.1, -0.05) is 42.5 Å². The van der Waals surface area contributed by atoms with Gasteiger partial charge in [-0.05, 0) is 29.7 Å². The number of benzene rings is 2. The van der Waals surface area contributed by atoms with Crippen molar-refractivity contribution in [3.05, 3.63) is 65.7 Å². The molecule has 0 radical (unpaired) electrons. The Morgan fingerprint density at radius 2 is 1.83 bits per heavy atom. The molecule has 1 aliphatic rings. The molecule has 0 bridgehead atoms. The number of hydrogen-bond acceptors (Lipinski definition) is 3. The molecule has 2 aromatic rings. The van der Waals surface area contributed by atoms with Crippen LogP contribution in [0.15, 0.2) is 54.6 Å². The lowest BCUT2D eigenvalue weighted by Crippen LogP contribution is -2.50. The van der Waals surface area contributed by atoms with E-state index in [2.05, 4.69) is 53.8 Å². The molecule has 1 aliphatic heterocycles. The SMILES string of the molecule is CC(=O)N1CCOCC1CNc1ccc(Cc2ccccc2)cc1. The molecule has 1 atom stereocenters. The van der Waals surface area contributed by atoms with Gasteiger partial charge >= 0.3 is 0 Å². The van der Waals surface area contributed by atoms with Gasteiger partial charge in [0.2, 0.25) is 5.91 Å². The van der Waals surface area contributed by atoms with Crippen LogP contribution in [0, 0.1) is 0 Å². The Kier molecular flexibility index (Phi) is 5.49. The first kappa shape index (κ1) is 16.5. The van der Waals surface area contributed by atoms with Gasteiger partial charge in [0.25, 0.3) is 0 Å². The fourth-order valence-corrected chi connectivity index (χ4v) is 3.05. The summed E-state index contributed by atoms with van der Waals surface area (Å²) in [6.07, 6.45) is 0.940. The summed E-state index contributed by atoms with van der Waals surface area (Å²) in [7, 11) is 0. The number of ether oxygens (including phenoxy) is 1. The Morgan fingerprint density at radius 1 is 1.12 bits per heavy atom. The van der Waals surface area contributed by atoms with Gasteiger partial charge in [-0.25, -0.2) is 0 Å². The van der Waals surface area contributed by atoms with E-state index in [1.807, 2.05) is 11.0 Å². The molecule has 0 aliphatic carbocycles. The molecular weight excluding hydrogens is 300 g/mol. The first-order valence-corrected chi connectivity index (χ1v) is 8.44. The van der Waals surface area contributed by atoms with E-state index < -0.39 is 0 Å². The van der Waals surface area contributed by atoms with Crippen molar-refractivity contribution in [1.82, 2.24) is 4.90 Å². The van der Waals surface area contributed by atoms with Gasteiger partial charge in [0.05, 0.1) is 19.3 Å². The van der Waals surface area contributed by atoms with Crippen LogP contribution >= 0.6 is 0 Å². The summed E-state index contributed by atoms with van der Waals surface area (Å²) in [6.45, 7) is 4.23. The quantitative estimate of drug-likeness (QED) is 0.919. The fraction of sp³-hybridized carbons (Fsp3) is 0.350. The lowest BCUT2D eigenvalue weighted by Gasteiger charge is -2.35. The minimum Gasteiger partial charge on any atom is -0.383 e. The normalized spacial score (nSPS) is 17.5. The van der Waals surface area contributed by atoms with Crippen molar-refractivity contribution >= 4 is 11.6 Å². The maximum atomic E-state index is 11.7. The number of amides is 1. The second-order valence-electron chi connectivity index (χ2n) is 6.18. The van der Waals surface area contributed by atoms with Gasteiger partial charge in [0, 0.05) is 25.7 Å². The van der Waals surface area contributed by atoms with Gasteiger partial charge in [-0.15, -0.1) is 0 Å². The fourth-order valence-electron chi connectivity index (χ4n) is 3.05. The Hall–Kier alpha value is -2.33. The molecule has 24 heavy (non-hydrogen) atoms. The molecule has 1 fully saturated rings. The lowest BCUT2D eigenvalue weighted by molar-refractivity contribution is -0.136. The van der Waals surface area contributed by atoms with Crippen LogP contribution in [0.3, 0.4) is 0 Å². The predicted molar refractivity (Wildman–Crippen MR) is 96.2 cm³/mol. The zero-order valence-corrected chi connectivity index (χ0v) is 14.1. The van der Waals surface area contributed by atoms with Crippen molar-refractivity contribution in [2.24, 2.45) is 0 Å². The van der Waals surface area contributed by atoms with Crippen molar-refractivity contribution in [3.8, 4) is 0 Å². The van der Waals surface area contributed by atoms with Crippen LogP contribution in [0.4, 0.5) is 5.69 Å². The molecule has 1 saturated heterocycles. The van der Waals surface area contributed by atoms with E-state index in [1.165, 1.54) is 11.1 Å². The zero-order chi connectivity index (χ0) is 16.8. The molecule has 0 spiro atoms. The third-order valence-electron chi connectivity index (χ3n) is 4.38. The minimum absolute atomic E-state index is 0.0974. The first-order valence-electron chi connectivity index (χ1n) is 8.44. The Balaban J connectivity index is 1.55. The van der Waals surface area contributed by atoms with Crippen molar-refractivity contribution < 1.29 is 9.53 Å². The van der Waals surface area contributed by atoms with E-state index >= 15 is 0 Å². The summed E-state index contributed by atoms with van der Waals surface area (Å²) in [5.41, 5.74) is 3.67. The van der Waals surface area contributed by atoms with Crippen LogP contribution in [-0.2, 0) is 16.0 Å². The van der Waals surface area contributed by atoms with E-state index in [0.717, 1.165) is 12.1 Å². The van der Waals surface area contributed by atoms with Crippen LogP contribution in [-0.4, -0.2) is 43.2 Å². The number of nitrogens with zero attached hydrogens (tertiary/aromatic N) is 1. The van der Waals surface area contributed by atoms with Crippen molar-refractivity contribution in [3.63, 3.8) is 0 Å². The molecule has 0 aromatic heterocycles. The van der Waals surface area contributed by atoms with Crippen molar-refractivity contribution in [2.75, 3.05) is 31.6 Å². The highest BCUT2D eigenvalue weighted by atomic mass is 16.5. The molecule has 1 N–H and O–H groups in total. The highest BCUT2D eigenvalue weighted by molar-refractivity contribution is 5.73. The maximum absolute atomic E-state index is 11.7. The van der Waals surface area contributed by atoms with Crippen molar-refractivity contribution in [2.45, 2.75) is 19.4 Å². The summed E-state index contributed by atoms with van der Waals surface area (Å²) in [4.78, 5) is 13.6. The predicted octanol–water partition coefficient (Wildman–Crippen LogP) is 2.94. The maximum Gasteiger partial charge on any atom is 0.219 e. The van der Waals surface area contributed by atoms with E-state index in [4.69, 9.17) is 4.74 Å². The Bertz CT molecular complexity index is 655. The van der Waals surface area contributed by atoms with Crippen LogP contribution in [0.25, 0.3) is 0 Å². The molecule has 1 unspecified atom stereocenters. The number of hydrogen-bond donors (Lipinski definition) is 1. The number of carbonyl (C=O) groups is 1. The minimum atomic E-state index is 0.0974. The smallest absolute Gasteiger partial charge is 0.219 e. The van der Waals surface area contributed by atoms with E-state index in [1.54, 1.807) is 6.92 Å². The van der Waals surface area contributed by atoms with Crippen LogP contribution in [0.2, 0.25) is 0 Å². The Labute approximate surface area is 143 Å². The van der Waals surface area contributed by atoms with E-state index in [-0.39, 0.29) is 11.9 Å². The third kappa shape index (κ3) is 4.36. The Morgan fingerprint density at radius 3 is 2.54 bits per heavy atom. The molecule has 0 saturated carbocycles. The van der Waals surface area contributed by atoms with Gasteiger partial charge in [0.1, 0.15) is 0 Å². The van der Waals surface area contributed by atoms with Crippen molar-refractivity contribution in [1.29, 1.82) is 0 Å². The van der Waals surface area contributed by atoms with Gasteiger partial charge in [0.15, 0.2) is 0 Å². The monoisotopic (exact) mass is 324 g/mol. The molecule has 4 heteroatoms. The number of nitrogens with one attached hydrogen (secondary N) is 1. The van der Waals surface area contributed by atoms with E-state index in [9.17, 15) is 4.79 Å². The largest absolute Gasteiger partial charge is 0.383 e. The first-order chi connectivity index (χ1) is 11.7. The number of rotatable bonds is 5. The number of anilines is 1. The zero-order valence-electron chi connectivity index (χ0n) is 14.1. The second kappa shape index (κ2) is 7.97. The number of carbonyl (C=O) groups excluding carboxylic acids is 1. The molecule has 1 amide bonds. The molecule has 4 nitrogen and oxygen atoms in total. The summed E-state index contributed by atoms with van der Waals surface area (Å²) in [6, 6.07) is 19.1. The lowest BCUT2D eigenvalue weighted by atomic mass is 10.0. The van der Waals surface area contributed by atoms with Gasteiger partial charge in [-0.2, -0.15) is 0 Å². The average Bonchev–Trinajstić information content (AvgIpc) is 2.62. The third-order valence-corrected chi connectivity index (χ3v) is 4.38. The summed E-state index contributed by atoms with van der Waals surface area (Å²) in [5, 5.41) is 3.42. The topological polar surface area (TPSA) is 41.6 Å².